The molecule has 0 aliphatic heterocycles. The number of hydrogen-bond acceptors (Lipinski definition) is 3. The molecule has 2 saturated carbocycles. The van der Waals surface area contributed by atoms with Crippen LogP contribution in [0.25, 0.3) is 0 Å². The highest BCUT2D eigenvalue weighted by Gasteiger charge is 2.56. The quantitative estimate of drug-likeness (QED) is 0.0622. The van der Waals surface area contributed by atoms with Crippen molar-refractivity contribution in [3.63, 3.8) is 0 Å². The Labute approximate surface area is 334 Å². The molecule has 2 aliphatic rings. The van der Waals surface area contributed by atoms with Crippen molar-refractivity contribution in [3.8, 4) is 0 Å². The second-order valence-corrected chi connectivity index (χ2v) is 19.5. The number of unbranched alkanes of at least 4 members (excludes halogenated alkanes) is 26. The third kappa shape index (κ3) is 19.8. The zero-order valence-corrected chi connectivity index (χ0v) is 36.4. The molecule has 2 atom stereocenters. The lowest BCUT2D eigenvalue weighted by atomic mass is 9.76. The third-order valence-corrected chi connectivity index (χ3v) is 15.6. The van der Waals surface area contributed by atoms with Crippen molar-refractivity contribution in [2.24, 2.45) is 11.8 Å². The summed E-state index contributed by atoms with van der Waals surface area (Å²) >= 11 is 1.49. The van der Waals surface area contributed by atoms with Crippen molar-refractivity contribution in [3.05, 3.63) is 0 Å². The van der Waals surface area contributed by atoms with Crippen LogP contribution >= 0.6 is 11.8 Å². The van der Waals surface area contributed by atoms with Crippen molar-refractivity contribution in [1.82, 2.24) is 0 Å². The maximum Gasteiger partial charge on any atom is 0.320 e. The van der Waals surface area contributed by atoms with Gasteiger partial charge in [-0.25, -0.2) is 0 Å². The number of hydrogen-bond donors (Lipinski definition) is 2. The summed E-state index contributed by atoms with van der Waals surface area (Å²) in [5, 5.41) is 22.4. The van der Waals surface area contributed by atoms with E-state index in [9.17, 15) is 19.8 Å². The van der Waals surface area contributed by atoms with Crippen LogP contribution in [0.15, 0.2) is 0 Å². The molecule has 0 amide bonds. The van der Waals surface area contributed by atoms with E-state index in [2.05, 4.69) is 13.8 Å². The Morgan fingerprint density at radius 1 is 0.396 bits per heavy atom. The van der Waals surface area contributed by atoms with Crippen LogP contribution in [-0.2, 0) is 9.59 Å². The fourth-order valence-corrected chi connectivity index (χ4v) is 12.1. The fraction of sp³-hybridized carbons (Fsp3) is 0.958. The molecule has 2 N–H and O–H groups in total. The number of rotatable bonds is 36. The van der Waals surface area contributed by atoms with Gasteiger partial charge in [-0.15, -0.1) is 11.8 Å². The lowest BCUT2D eigenvalue weighted by Crippen LogP contribution is -2.53. The highest BCUT2D eigenvalue weighted by atomic mass is 32.2. The molecule has 2 fully saturated rings. The first-order valence-corrected chi connectivity index (χ1v) is 24.9. The number of carboxylic acid groups (broad SMARTS) is 2. The van der Waals surface area contributed by atoms with Gasteiger partial charge in [-0.3, -0.25) is 9.59 Å². The normalized spacial score (nSPS) is 18.2. The second-order valence-electron chi connectivity index (χ2n) is 17.9. The SMILES string of the molecule is CCCCCCCCCCCCCCCCC(SC(CCCCCCCCCCCCCCCC)(C(=O)O)C1CCCCC1)(C(=O)O)C1CCCCC1. The molecule has 312 valence electrons. The first-order valence-electron chi connectivity index (χ1n) is 24.1. The molecule has 0 radical (unpaired) electrons. The molecular formula is C48H90O4S. The van der Waals surface area contributed by atoms with Gasteiger partial charge in [-0.2, -0.15) is 0 Å². The van der Waals surface area contributed by atoms with Gasteiger partial charge in [-0.1, -0.05) is 232 Å². The van der Waals surface area contributed by atoms with Crippen molar-refractivity contribution >= 4 is 23.7 Å². The van der Waals surface area contributed by atoms with E-state index < -0.39 is 21.4 Å². The monoisotopic (exact) mass is 763 g/mol. The molecule has 0 heterocycles. The van der Waals surface area contributed by atoms with Gasteiger partial charge in [0.1, 0.15) is 9.49 Å². The van der Waals surface area contributed by atoms with E-state index in [-0.39, 0.29) is 11.8 Å². The van der Waals surface area contributed by atoms with Crippen LogP contribution in [0.3, 0.4) is 0 Å². The molecule has 0 aromatic rings. The molecule has 0 spiro atoms. The standard InChI is InChI=1S/C48H90O4S/c1-3-5-7-9-11-13-15-17-19-21-23-25-27-35-41-47(45(49)50,43-37-31-29-32-38-43)53-48(46(51)52,44-39-33-30-34-40-44)42-36-28-26-24-22-20-18-16-14-12-10-8-6-4-2/h43-44H,3-42H2,1-2H3,(H,49,50)(H,51,52). The average molecular weight is 763 g/mol. The molecule has 0 bridgehead atoms. The minimum absolute atomic E-state index is 0.0828. The zero-order valence-electron chi connectivity index (χ0n) is 35.6. The Morgan fingerprint density at radius 3 is 0.849 bits per heavy atom. The van der Waals surface area contributed by atoms with E-state index in [1.54, 1.807) is 0 Å². The number of carboxylic acids is 2. The predicted octanol–water partition coefficient (Wildman–Crippen LogP) is 16.3. The van der Waals surface area contributed by atoms with Crippen molar-refractivity contribution in [2.45, 2.75) is 280 Å². The Kier molecular flexibility index (Phi) is 28.7. The Bertz CT molecular complexity index is 811. The van der Waals surface area contributed by atoms with Crippen LogP contribution in [-0.4, -0.2) is 31.6 Å². The molecule has 2 rings (SSSR count). The van der Waals surface area contributed by atoms with Crippen LogP contribution in [0.2, 0.25) is 0 Å². The smallest absolute Gasteiger partial charge is 0.320 e. The molecule has 4 nitrogen and oxygen atoms in total. The summed E-state index contributed by atoms with van der Waals surface area (Å²) in [6.07, 6.45) is 47.8. The van der Waals surface area contributed by atoms with Gasteiger partial charge in [-0.05, 0) is 50.4 Å². The molecule has 0 aromatic heterocycles. The minimum Gasteiger partial charge on any atom is -0.480 e. The van der Waals surface area contributed by atoms with E-state index in [4.69, 9.17) is 0 Å². The maximum absolute atomic E-state index is 13.7. The summed E-state index contributed by atoms with van der Waals surface area (Å²) in [7, 11) is 0. The van der Waals surface area contributed by atoms with Gasteiger partial charge in [0.2, 0.25) is 0 Å². The first-order chi connectivity index (χ1) is 25.9. The second kappa shape index (κ2) is 31.4. The van der Waals surface area contributed by atoms with Gasteiger partial charge >= 0.3 is 11.9 Å². The zero-order chi connectivity index (χ0) is 38.3. The molecule has 2 aliphatic carbocycles. The van der Waals surface area contributed by atoms with E-state index in [1.807, 2.05) is 0 Å². The van der Waals surface area contributed by atoms with E-state index >= 15 is 0 Å². The highest BCUT2D eigenvalue weighted by Crippen LogP contribution is 2.56. The number of aliphatic carboxylic acids is 2. The maximum atomic E-state index is 13.7. The lowest BCUT2D eigenvalue weighted by molar-refractivity contribution is -0.143. The van der Waals surface area contributed by atoms with Crippen molar-refractivity contribution in [1.29, 1.82) is 0 Å². The van der Waals surface area contributed by atoms with E-state index in [1.165, 1.54) is 179 Å². The molecule has 0 saturated heterocycles. The third-order valence-electron chi connectivity index (χ3n) is 13.4. The highest BCUT2D eigenvalue weighted by molar-refractivity contribution is 8.03. The predicted molar refractivity (Wildman–Crippen MR) is 231 cm³/mol. The summed E-state index contributed by atoms with van der Waals surface area (Å²) in [6.45, 7) is 4.56. The summed E-state index contributed by atoms with van der Waals surface area (Å²) in [5.41, 5.74) is 0. The Hall–Kier alpha value is -0.710. The number of carbonyl (C=O) groups is 2. The van der Waals surface area contributed by atoms with Crippen LogP contribution in [0.5, 0.6) is 0 Å². The lowest BCUT2D eigenvalue weighted by Gasteiger charge is -2.48. The Morgan fingerprint density at radius 2 is 0.623 bits per heavy atom. The summed E-state index contributed by atoms with van der Waals surface area (Å²) in [4.78, 5) is 27.3. The largest absolute Gasteiger partial charge is 0.480 e. The fourth-order valence-electron chi connectivity index (χ4n) is 9.95. The summed E-state index contributed by atoms with van der Waals surface area (Å²) < 4.78 is -1.97. The molecule has 5 heteroatoms. The van der Waals surface area contributed by atoms with Gasteiger partial charge < -0.3 is 10.2 Å². The molecule has 0 aromatic carbocycles. The summed E-state index contributed by atoms with van der Waals surface area (Å²) in [5.74, 6) is -1.27. The molecule has 2 unspecified atom stereocenters. The topological polar surface area (TPSA) is 74.6 Å². The van der Waals surface area contributed by atoms with E-state index in [0.29, 0.717) is 12.8 Å². The van der Waals surface area contributed by atoms with E-state index in [0.717, 1.165) is 77.0 Å². The minimum atomic E-state index is -0.983. The van der Waals surface area contributed by atoms with Crippen LogP contribution in [0.4, 0.5) is 0 Å². The number of thioether (sulfide) groups is 1. The molecule has 53 heavy (non-hydrogen) atoms. The Balaban J connectivity index is 1.93. The van der Waals surface area contributed by atoms with Crippen LogP contribution in [0, 0.1) is 11.8 Å². The average Bonchev–Trinajstić information content (AvgIpc) is 3.17. The van der Waals surface area contributed by atoms with Crippen molar-refractivity contribution < 1.29 is 19.8 Å². The van der Waals surface area contributed by atoms with Gasteiger partial charge in [0.25, 0.3) is 0 Å². The molecular weight excluding hydrogens is 673 g/mol. The first kappa shape index (κ1) is 48.4. The van der Waals surface area contributed by atoms with Crippen LogP contribution in [0.1, 0.15) is 271 Å². The van der Waals surface area contributed by atoms with Crippen molar-refractivity contribution in [2.75, 3.05) is 0 Å². The van der Waals surface area contributed by atoms with Gasteiger partial charge in [0.05, 0.1) is 0 Å². The summed E-state index contributed by atoms with van der Waals surface area (Å²) in [6, 6.07) is 0. The van der Waals surface area contributed by atoms with Gasteiger partial charge in [0.15, 0.2) is 0 Å². The van der Waals surface area contributed by atoms with Gasteiger partial charge in [0, 0.05) is 0 Å². The van der Waals surface area contributed by atoms with Crippen LogP contribution < -0.4 is 0 Å².